The van der Waals surface area contributed by atoms with Gasteiger partial charge in [-0.1, -0.05) is 12.2 Å². The quantitative estimate of drug-likeness (QED) is 0.483. The van der Waals surface area contributed by atoms with Crippen LogP contribution in [0.3, 0.4) is 0 Å². The summed E-state index contributed by atoms with van der Waals surface area (Å²) >= 11 is 0. The third kappa shape index (κ3) is 2.89. The van der Waals surface area contributed by atoms with Crippen molar-refractivity contribution in [2.75, 3.05) is 0 Å². The van der Waals surface area contributed by atoms with Gasteiger partial charge in [-0.3, -0.25) is 4.79 Å². The molecule has 0 bridgehead atoms. The van der Waals surface area contributed by atoms with Crippen LogP contribution in [-0.2, 0) is 9.59 Å². The Morgan fingerprint density at radius 2 is 2.23 bits per heavy atom. The predicted molar refractivity (Wildman–Crippen MR) is 47.1 cm³/mol. The van der Waals surface area contributed by atoms with Crippen molar-refractivity contribution in [2.45, 2.75) is 25.3 Å². The lowest BCUT2D eigenvalue weighted by Gasteiger charge is -2.15. The Kier molecular flexibility index (Phi) is 3.49. The molecule has 0 aromatic rings. The highest BCUT2D eigenvalue weighted by Gasteiger charge is 2.22. The van der Waals surface area contributed by atoms with Crippen molar-refractivity contribution in [3.8, 4) is 0 Å². The molecular weight excluding hydrogens is 170 g/mol. The zero-order chi connectivity index (χ0) is 9.68. The second-order valence-corrected chi connectivity index (χ2v) is 3.22. The Morgan fingerprint density at radius 1 is 1.62 bits per heavy atom. The van der Waals surface area contributed by atoms with Gasteiger partial charge in [-0.05, 0) is 25.2 Å². The molecule has 13 heavy (non-hydrogen) atoms. The largest absolute Gasteiger partial charge is 0.480 e. The zero-order valence-electron chi connectivity index (χ0n) is 7.27. The summed E-state index contributed by atoms with van der Waals surface area (Å²) in [5, 5.41) is 11.0. The zero-order valence-corrected chi connectivity index (χ0v) is 7.27. The summed E-state index contributed by atoms with van der Waals surface area (Å²) in [7, 11) is 0. The van der Waals surface area contributed by atoms with Crippen molar-refractivity contribution in [1.29, 1.82) is 0 Å². The summed E-state index contributed by atoms with van der Waals surface area (Å²) in [5.41, 5.74) is 0. The van der Waals surface area contributed by atoms with Crippen LogP contribution in [0.1, 0.15) is 19.3 Å². The van der Waals surface area contributed by atoms with E-state index < -0.39 is 12.0 Å². The topological polar surface area (TPSA) is 66.4 Å². The third-order valence-corrected chi connectivity index (χ3v) is 2.24. The third-order valence-electron chi connectivity index (χ3n) is 2.24. The van der Waals surface area contributed by atoms with Gasteiger partial charge in [0.25, 0.3) is 0 Å². The van der Waals surface area contributed by atoms with E-state index in [-0.39, 0.29) is 0 Å². The second-order valence-electron chi connectivity index (χ2n) is 3.22. The lowest BCUT2D eigenvalue weighted by Crippen LogP contribution is -2.37. The van der Waals surface area contributed by atoms with Crippen LogP contribution in [-0.4, -0.2) is 23.5 Å². The first-order valence-electron chi connectivity index (χ1n) is 4.31. The summed E-state index contributed by atoms with van der Waals surface area (Å²) in [6.07, 6.45) is 6.89. The first-order valence-corrected chi connectivity index (χ1v) is 4.31. The molecule has 72 valence electrons. The average molecular weight is 183 g/mol. The molecule has 0 spiro atoms. The molecule has 0 heterocycles. The molecule has 0 radical (unpaired) electrons. The fourth-order valence-electron chi connectivity index (χ4n) is 1.52. The molecule has 1 atom stereocenters. The van der Waals surface area contributed by atoms with Crippen LogP contribution >= 0.6 is 0 Å². The molecule has 0 aromatic carbocycles. The molecule has 0 saturated heterocycles. The van der Waals surface area contributed by atoms with Gasteiger partial charge < -0.3 is 10.4 Å². The number of carboxylic acids is 1. The summed E-state index contributed by atoms with van der Waals surface area (Å²) in [6.45, 7) is 0. The van der Waals surface area contributed by atoms with Gasteiger partial charge in [0.05, 0.1) is 0 Å². The molecule has 1 aliphatic carbocycles. The Bertz CT molecular complexity index is 217. The number of aliphatic carboxylic acids is 1. The molecule has 1 unspecified atom stereocenters. The number of hydrogen-bond donors (Lipinski definition) is 2. The number of allylic oxidation sites excluding steroid dienone is 2. The van der Waals surface area contributed by atoms with E-state index in [1.807, 2.05) is 12.2 Å². The van der Waals surface area contributed by atoms with Crippen molar-refractivity contribution in [3.63, 3.8) is 0 Å². The van der Waals surface area contributed by atoms with Crippen LogP contribution < -0.4 is 5.32 Å². The number of carbonyl (C=O) groups excluding carboxylic acids is 1. The van der Waals surface area contributed by atoms with Gasteiger partial charge >= 0.3 is 5.97 Å². The van der Waals surface area contributed by atoms with E-state index in [1.54, 1.807) is 0 Å². The lowest BCUT2D eigenvalue weighted by atomic mass is 9.98. The normalized spacial score (nSPS) is 18.5. The highest BCUT2D eigenvalue weighted by Crippen LogP contribution is 2.22. The minimum absolute atomic E-state index is 0.369. The SMILES string of the molecule is O=CNC(CC1CC=CC1)C(=O)O. The summed E-state index contributed by atoms with van der Waals surface area (Å²) in [5.74, 6) is -0.590. The fourth-order valence-corrected chi connectivity index (χ4v) is 1.52. The molecule has 1 amide bonds. The number of rotatable bonds is 5. The van der Waals surface area contributed by atoms with Crippen molar-refractivity contribution in [1.82, 2.24) is 5.32 Å². The Balaban J connectivity index is 2.37. The van der Waals surface area contributed by atoms with Gasteiger partial charge in [0.1, 0.15) is 6.04 Å². The first-order chi connectivity index (χ1) is 6.24. The van der Waals surface area contributed by atoms with E-state index in [1.165, 1.54) is 0 Å². The van der Waals surface area contributed by atoms with E-state index >= 15 is 0 Å². The highest BCUT2D eigenvalue weighted by molar-refractivity contribution is 5.76. The molecule has 2 N–H and O–H groups in total. The van der Waals surface area contributed by atoms with Crippen LogP contribution in [0.4, 0.5) is 0 Å². The van der Waals surface area contributed by atoms with Gasteiger partial charge in [0.15, 0.2) is 0 Å². The first kappa shape index (κ1) is 9.77. The number of carboxylic acid groups (broad SMARTS) is 1. The van der Waals surface area contributed by atoms with E-state index in [4.69, 9.17) is 5.11 Å². The maximum absolute atomic E-state index is 10.6. The van der Waals surface area contributed by atoms with Crippen LogP contribution in [0.25, 0.3) is 0 Å². The van der Waals surface area contributed by atoms with Crippen LogP contribution in [0, 0.1) is 5.92 Å². The van der Waals surface area contributed by atoms with E-state index in [0.717, 1.165) is 12.8 Å². The second kappa shape index (κ2) is 4.64. The number of amides is 1. The van der Waals surface area contributed by atoms with Crippen LogP contribution in [0.5, 0.6) is 0 Å². The summed E-state index contributed by atoms with van der Waals surface area (Å²) in [6, 6.07) is -0.734. The Hall–Kier alpha value is -1.32. The van der Waals surface area contributed by atoms with Gasteiger partial charge in [-0.2, -0.15) is 0 Å². The fraction of sp³-hybridized carbons (Fsp3) is 0.556. The van der Waals surface area contributed by atoms with E-state index in [2.05, 4.69) is 5.32 Å². The maximum Gasteiger partial charge on any atom is 0.326 e. The minimum atomic E-state index is -0.959. The van der Waals surface area contributed by atoms with Crippen LogP contribution in [0.2, 0.25) is 0 Å². The van der Waals surface area contributed by atoms with Gasteiger partial charge in [0, 0.05) is 0 Å². The molecule has 4 heteroatoms. The maximum atomic E-state index is 10.6. The average Bonchev–Trinajstić information content (AvgIpc) is 2.56. The van der Waals surface area contributed by atoms with E-state index in [0.29, 0.717) is 18.7 Å². The molecule has 0 aliphatic heterocycles. The Morgan fingerprint density at radius 3 is 2.69 bits per heavy atom. The van der Waals surface area contributed by atoms with Crippen LogP contribution in [0.15, 0.2) is 12.2 Å². The minimum Gasteiger partial charge on any atom is -0.480 e. The summed E-state index contributed by atoms with van der Waals surface area (Å²) < 4.78 is 0. The van der Waals surface area contributed by atoms with Gasteiger partial charge in [0.2, 0.25) is 6.41 Å². The van der Waals surface area contributed by atoms with Crippen molar-refractivity contribution in [2.24, 2.45) is 5.92 Å². The predicted octanol–water partition coefficient (Wildman–Crippen LogP) is 0.542. The number of nitrogens with one attached hydrogen (secondary N) is 1. The molecule has 0 aromatic heterocycles. The molecule has 0 fully saturated rings. The molecule has 1 rings (SSSR count). The molecule has 0 saturated carbocycles. The van der Waals surface area contributed by atoms with Gasteiger partial charge in [-0.25, -0.2) is 4.79 Å². The Labute approximate surface area is 76.6 Å². The van der Waals surface area contributed by atoms with E-state index in [9.17, 15) is 9.59 Å². The monoisotopic (exact) mass is 183 g/mol. The number of hydrogen-bond acceptors (Lipinski definition) is 2. The van der Waals surface area contributed by atoms with Gasteiger partial charge in [-0.15, -0.1) is 0 Å². The van der Waals surface area contributed by atoms with Crippen molar-refractivity contribution in [3.05, 3.63) is 12.2 Å². The molecular formula is C9H13NO3. The lowest BCUT2D eigenvalue weighted by molar-refractivity contribution is -0.141. The smallest absolute Gasteiger partial charge is 0.326 e. The van der Waals surface area contributed by atoms with Crippen molar-refractivity contribution < 1.29 is 14.7 Å². The molecule has 4 nitrogen and oxygen atoms in total. The van der Waals surface area contributed by atoms with Crippen molar-refractivity contribution >= 4 is 12.4 Å². The highest BCUT2D eigenvalue weighted by atomic mass is 16.4. The number of carbonyl (C=O) groups is 2. The molecule has 1 aliphatic rings. The standard InChI is InChI=1S/C9H13NO3/c11-6-10-8(9(12)13)5-7-3-1-2-4-7/h1-2,6-8H,3-5H2,(H,10,11)(H,12,13). The summed E-state index contributed by atoms with van der Waals surface area (Å²) in [4.78, 5) is 20.7.